The van der Waals surface area contributed by atoms with Gasteiger partial charge in [-0.25, -0.2) is 4.98 Å². The molecule has 0 aliphatic heterocycles. The molecular formula is C17H13N3O2. The predicted octanol–water partition coefficient (Wildman–Crippen LogP) is 3.24. The van der Waals surface area contributed by atoms with Crippen LogP contribution in [-0.4, -0.2) is 15.9 Å². The third kappa shape index (κ3) is 2.22. The van der Waals surface area contributed by atoms with Crippen LogP contribution in [0, 0.1) is 0 Å². The number of nitrogens with one attached hydrogen (secondary N) is 2. The highest BCUT2D eigenvalue weighted by molar-refractivity contribution is 5.96. The highest BCUT2D eigenvalue weighted by Crippen LogP contribution is 2.18. The van der Waals surface area contributed by atoms with Gasteiger partial charge in [0.05, 0.1) is 17.6 Å². The average Bonchev–Trinajstić information content (AvgIpc) is 3.15. The van der Waals surface area contributed by atoms with Crippen LogP contribution in [0.15, 0.2) is 59.0 Å². The molecule has 0 atom stereocenters. The number of rotatable bonds is 3. The minimum Gasteiger partial charge on any atom is -0.451 e. The topological polar surface area (TPSA) is 70.9 Å². The number of furan rings is 1. The standard InChI is InChI=1S/C17H13N3O2/c21-17(15-9-11-5-1-4-8-14(11)22-15)18-10-16-19-12-6-2-3-7-13(12)20-16/h1-9H,10H2,(H,18,21)(H,19,20). The maximum Gasteiger partial charge on any atom is 0.287 e. The Balaban J connectivity index is 1.51. The summed E-state index contributed by atoms with van der Waals surface area (Å²) in [7, 11) is 0. The molecule has 5 heteroatoms. The lowest BCUT2D eigenvalue weighted by Gasteiger charge is -1.99. The Morgan fingerprint density at radius 1 is 1.14 bits per heavy atom. The number of nitrogens with zero attached hydrogens (tertiary/aromatic N) is 1. The minimum absolute atomic E-state index is 0.253. The van der Waals surface area contributed by atoms with E-state index in [2.05, 4.69) is 15.3 Å². The molecule has 1 amide bonds. The summed E-state index contributed by atoms with van der Waals surface area (Å²) in [6, 6.07) is 17.0. The second-order valence-corrected chi connectivity index (χ2v) is 5.03. The summed E-state index contributed by atoms with van der Waals surface area (Å²) >= 11 is 0. The van der Waals surface area contributed by atoms with Crippen LogP contribution in [-0.2, 0) is 6.54 Å². The van der Waals surface area contributed by atoms with E-state index in [0.29, 0.717) is 23.7 Å². The summed E-state index contributed by atoms with van der Waals surface area (Å²) in [5, 5.41) is 3.72. The monoisotopic (exact) mass is 291 g/mol. The van der Waals surface area contributed by atoms with Crippen molar-refractivity contribution in [2.45, 2.75) is 6.54 Å². The minimum atomic E-state index is -0.253. The summed E-state index contributed by atoms with van der Waals surface area (Å²) in [5.41, 5.74) is 2.54. The average molecular weight is 291 g/mol. The van der Waals surface area contributed by atoms with E-state index >= 15 is 0 Å². The van der Waals surface area contributed by atoms with E-state index in [1.54, 1.807) is 6.07 Å². The number of H-pyrrole nitrogens is 1. The van der Waals surface area contributed by atoms with E-state index in [9.17, 15) is 4.79 Å². The Kier molecular flexibility index (Phi) is 2.89. The number of carbonyl (C=O) groups is 1. The third-order valence-corrected chi connectivity index (χ3v) is 3.50. The normalized spacial score (nSPS) is 11.1. The molecule has 0 aliphatic carbocycles. The van der Waals surface area contributed by atoms with E-state index in [4.69, 9.17) is 4.42 Å². The van der Waals surface area contributed by atoms with Gasteiger partial charge in [-0.3, -0.25) is 4.79 Å². The van der Waals surface area contributed by atoms with Crippen molar-refractivity contribution in [2.75, 3.05) is 0 Å². The van der Waals surface area contributed by atoms with E-state index in [0.717, 1.165) is 16.4 Å². The lowest BCUT2D eigenvalue weighted by molar-refractivity contribution is 0.0924. The van der Waals surface area contributed by atoms with Gasteiger partial charge in [-0.05, 0) is 24.3 Å². The van der Waals surface area contributed by atoms with Gasteiger partial charge in [-0.15, -0.1) is 0 Å². The van der Waals surface area contributed by atoms with Crippen LogP contribution < -0.4 is 5.32 Å². The van der Waals surface area contributed by atoms with Crippen LogP contribution in [0.2, 0.25) is 0 Å². The molecule has 5 nitrogen and oxygen atoms in total. The Labute approximate surface area is 126 Å². The number of benzene rings is 2. The predicted molar refractivity (Wildman–Crippen MR) is 83.5 cm³/mol. The molecule has 0 unspecified atom stereocenters. The van der Waals surface area contributed by atoms with Crippen LogP contribution in [0.1, 0.15) is 16.4 Å². The van der Waals surface area contributed by atoms with Crippen molar-refractivity contribution in [3.8, 4) is 0 Å². The van der Waals surface area contributed by atoms with Crippen molar-refractivity contribution in [3.05, 3.63) is 66.2 Å². The van der Waals surface area contributed by atoms with Crippen molar-refractivity contribution >= 4 is 27.9 Å². The van der Waals surface area contributed by atoms with Gasteiger partial charge in [-0.1, -0.05) is 30.3 Å². The molecule has 2 aromatic carbocycles. The summed E-state index contributed by atoms with van der Waals surface area (Å²) in [6.45, 7) is 0.324. The molecule has 0 spiro atoms. The van der Waals surface area contributed by atoms with Crippen molar-refractivity contribution < 1.29 is 9.21 Å². The van der Waals surface area contributed by atoms with Crippen LogP contribution in [0.4, 0.5) is 0 Å². The first-order valence-electron chi connectivity index (χ1n) is 7.00. The maximum atomic E-state index is 12.2. The van der Waals surface area contributed by atoms with Crippen molar-refractivity contribution in [3.63, 3.8) is 0 Å². The van der Waals surface area contributed by atoms with Gasteiger partial charge in [0, 0.05) is 5.39 Å². The fourth-order valence-electron chi connectivity index (χ4n) is 2.43. The molecule has 2 heterocycles. The zero-order valence-electron chi connectivity index (χ0n) is 11.7. The Bertz CT molecular complexity index is 902. The van der Waals surface area contributed by atoms with E-state index in [1.165, 1.54) is 0 Å². The van der Waals surface area contributed by atoms with Crippen molar-refractivity contribution in [1.29, 1.82) is 0 Å². The molecule has 2 aromatic heterocycles. The first kappa shape index (κ1) is 12.6. The number of hydrogen-bond donors (Lipinski definition) is 2. The number of fused-ring (bicyclic) bond motifs is 2. The Morgan fingerprint density at radius 2 is 1.95 bits per heavy atom. The summed E-state index contributed by atoms with van der Waals surface area (Å²) in [4.78, 5) is 19.7. The summed E-state index contributed by atoms with van der Waals surface area (Å²) in [6.07, 6.45) is 0. The molecule has 0 bridgehead atoms. The second kappa shape index (κ2) is 5.04. The van der Waals surface area contributed by atoms with Crippen molar-refractivity contribution in [2.24, 2.45) is 0 Å². The van der Waals surface area contributed by atoms with Crippen molar-refractivity contribution in [1.82, 2.24) is 15.3 Å². The second-order valence-electron chi connectivity index (χ2n) is 5.03. The molecule has 4 rings (SSSR count). The zero-order valence-corrected chi connectivity index (χ0v) is 11.7. The quantitative estimate of drug-likeness (QED) is 0.608. The third-order valence-electron chi connectivity index (χ3n) is 3.50. The number of carbonyl (C=O) groups excluding carboxylic acids is 1. The number of aromatic nitrogens is 2. The molecule has 0 saturated heterocycles. The first-order valence-corrected chi connectivity index (χ1v) is 7.00. The smallest absolute Gasteiger partial charge is 0.287 e. The van der Waals surface area contributed by atoms with Gasteiger partial charge in [0.25, 0.3) is 5.91 Å². The molecule has 0 aliphatic rings. The lowest BCUT2D eigenvalue weighted by Crippen LogP contribution is -2.22. The van der Waals surface area contributed by atoms with E-state index < -0.39 is 0 Å². The molecule has 0 fully saturated rings. The summed E-state index contributed by atoms with van der Waals surface area (Å²) in [5.74, 6) is 0.764. The van der Waals surface area contributed by atoms with E-state index in [1.807, 2.05) is 48.5 Å². The fraction of sp³-hybridized carbons (Fsp3) is 0.0588. The number of amides is 1. The van der Waals surface area contributed by atoms with Gasteiger partial charge in [0.2, 0.25) is 0 Å². The molecule has 22 heavy (non-hydrogen) atoms. The summed E-state index contributed by atoms with van der Waals surface area (Å²) < 4.78 is 5.53. The largest absolute Gasteiger partial charge is 0.451 e. The van der Waals surface area contributed by atoms with Gasteiger partial charge in [0.1, 0.15) is 11.4 Å². The van der Waals surface area contributed by atoms with Crippen LogP contribution in [0.25, 0.3) is 22.0 Å². The Morgan fingerprint density at radius 3 is 2.82 bits per heavy atom. The Hall–Kier alpha value is -3.08. The molecule has 4 aromatic rings. The number of aromatic amines is 1. The molecule has 0 radical (unpaired) electrons. The number of imidazole rings is 1. The zero-order chi connectivity index (χ0) is 14.9. The molecule has 108 valence electrons. The molecular weight excluding hydrogens is 278 g/mol. The number of hydrogen-bond acceptors (Lipinski definition) is 3. The fourth-order valence-corrected chi connectivity index (χ4v) is 2.43. The van der Waals surface area contributed by atoms with Gasteiger partial charge in [-0.2, -0.15) is 0 Å². The van der Waals surface area contributed by atoms with Crippen LogP contribution in [0.3, 0.4) is 0 Å². The lowest BCUT2D eigenvalue weighted by atomic mass is 10.2. The molecule has 2 N–H and O–H groups in total. The van der Waals surface area contributed by atoms with Crippen LogP contribution in [0.5, 0.6) is 0 Å². The van der Waals surface area contributed by atoms with E-state index in [-0.39, 0.29) is 5.91 Å². The first-order chi connectivity index (χ1) is 10.8. The number of para-hydroxylation sites is 3. The molecule has 0 saturated carbocycles. The highest BCUT2D eigenvalue weighted by atomic mass is 16.3. The van der Waals surface area contributed by atoms with Crippen LogP contribution >= 0.6 is 0 Å². The van der Waals surface area contributed by atoms with Gasteiger partial charge < -0.3 is 14.7 Å². The maximum absolute atomic E-state index is 12.2. The van der Waals surface area contributed by atoms with Gasteiger partial charge in [0.15, 0.2) is 5.76 Å². The van der Waals surface area contributed by atoms with Gasteiger partial charge >= 0.3 is 0 Å². The highest BCUT2D eigenvalue weighted by Gasteiger charge is 2.12. The SMILES string of the molecule is O=C(NCc1nc2ccccc2[nH]1)c1cc2ccccc2o1.